The van der Waals surface area contributed by atoms with Gasteiger partial charge in [0.25, 0.3) is 5.91 Å². The third-order valence-electron chi connectivity index (χ3n) is 4.12. The van der Waals surface area contributed by atoms with Gasteiger partial charge in [0.1, 0.15) is 11.5 Å². The van der Waals surface area contributed by atoms with Crippen LogP contribution in [0, 0.1) is 12.7 Å². The molecule has 0 aliphatic heterocycles. The number of aryl methyl sites for hydroxylation is 1. The van der Waals surface area contributed by atoms with E-state index < -0.39 is 63.9 Å². The molecule has 0 aliphatic carbocycles. The first kappa shape index (κ1) is 25.6. The second kappa shape index (κ2) is 8.68. The first-order chi connectivity index (χ1) is 14.5. The highest BCUT2D eigenvalue weighted by Crippen LogP contribution is 2.55. The summed E-state index contributed by atoms with van der Waals surface area (Å²) in [5, 5.41) is 0.558. The van der Waals surface area contributed by atoms with E-state index in [0.717, 1.165) is 6.07 Å². The summed E-state index contributed by atoms with van der Waals surface area (Å²) in [6.07, 6.45) is -13.1. The monoisotopic (exact) mass is 497 g/mol. The van der Waals surface area contributed by atoms with Gasteiger partial charge in [0, 0.05) is 5.56 Å². The Labute approximate surface area is 177 Å². The summed E-state index contributed by atoms with van der Waals surface area (Å²) in [4.78, 5) is 12.3. The van der Waals surface area contributed by atoms with Crippen LogP contribution in [0.1, 0.15) is 21.5 Å². The fourth-order valence-corrected chi connectivity index (χ4v) is 2.84. The normalized spacial score (nSPS) is 12.8. The van der Waals surface area contributed by atoms with Gasteiger partial charge in [0.2, 0.25) is 0 Å². The topological polar surface area (TPSA) is 38.3 Å². The van der Waals surface area contributed by atoms with Crippen molar-refractivity contribution in [1.82, 2.24) is 0 Å². The Morgan fingerprint density at radius 1 is 1.03 bits per heavy atom. The summed E-state index contributed by atoms with van der Waals surface area (Å²) in [6.45, 7) is -2.55. The largest absolute Gasteiger partial charge is 0.435 e. The molecule has 0 aromatic heterocycles. The van der Waals surface area contributed by atoms with Gasteiger partial charge < -0.3 is 10.1 Å². The Bertz CT molecular complexity index is 1010. The second-order valence-corrected chi connectivity index (χ2v) is 6.66. The Balaban J connectivity index is 2.66. The van der Waals surface area contributed by atoms with Crippen molar-refractivity contribution >= 4 is 23.2 Å². The van der Waals surface area contributed by atoms with E-state index in [1.807, 2.05) is 0 Å². The molecule has 2 aromatic rings. The SMILES string of the molecule is Cc1cccc(C(=O)Nc2c(Cl)cc(C(F)(C(F)(F)F)C(F)(F)F)cc2OC(F)F)c1F. The van der Waals surface area contributed by atoms with Crippen LogP contribution in [-0.4, -0.2) is 24.9 Å². The van der Waals surface area contributed by atoms with Crippen LogP contribution >= 0.6 is 11.6 Å². The molecule has 0 aliphatic rings. The van der Waals surface area contributed by atoms with Crippen LogP contribution in [0.5, 0.6) is 5.75 Å². The van der Waals surface area contributed by atoms with Crippen LogP contribution in [0.25, 0.3) is 0 Å². The quantitative estimate of drug-likeness (QED) is 0.455. The van der Waals surface area contributed by atoms with Gasteiger partial charge in [-0.25, -0.2) is 8.78 Å². The number of anilines is 1. The van der Waals surface area contributed by atoms with Crippen molar-refractivity contribution in [3.05, 3.63) is 57.9 Å². The van der Waals surface area contributed by atoms with Crippen LogP contribution < -0.4 is 10.1 Å². The second-order valence-electron chi connectivity index (χ2n) is 6.25. The van der Waals surface area contributed by atoms with Gasteiger partial charge in [0.15, 0.2) is 5.75 Å². The number of hydrogen-bond donors (Lipinski definition) is 1. The van der Waals surface area contributed by atoms with Crippen LogP contribution in [0.15, 0.2) is 30.3 Å². The number of hydrogen-bond acceptors (Lipinski definition) is 2. The summed E-state index contributed by atoms with van der Waals surface area (Å²) in [7, 11) is 0. The van der Waals surface area contributed by atoms with Gasteiger partial charge in [-0.1, -0.05) is 23.7 Å². The van der Waals surface area contributed by atoms with Crippen LogP contribution in [-0.2, 0) is 5.67 Å². The summed E-state index contributed by atoms with van der Waals surface area (Å²) >= 11 is 5.59. The molecule has 0 fully saturated rings. The van der Waals surface area contributed by atoms with Crippen LogP contribution in [0.2, 0.25) is 5.02 Å². The zero-order valence-corrected chi connectivity index (χ0v) is 16.2. The van der Waals surface area contributed by atoms with E-state index in [-0.39, 0.29) is 17.7 Å². The van der Waals surface area contributed by atoms with Gasteiger partial charge in [-0.15, -0.1) is 0 Å². The zero-order valence-electron chi connectivity index (χ0n) is 15.4. The molecule has 0 unspecified atom stereocenters. The number of alkyl halides is 9. The predicted octanol–water partition coefficient (Wildman–Crippen LogP) is 6.93. The average molecular weight is 498 g/mol. The third kappa shape index (κ3) is 4.71. The van der Waals surface area contributed by atoms with Gasteiger partial charge in [-0.3, -0.25) is 4.79 Å². The molecule has 2 rings (SSSR count). The van der Waals surface area contributed by atoms with Crippen LogP contribution in [0.4, 0.5) is 49.6 Å². The minimum absolute atomic E-state index is 0.0132. The highest BCUT2D eigenvalue weighted by molar-refractivity contribution is 6.34. The van der Waals surface area contributed by atoms with Crippen molar-refractivity contribution in [1.29, 1.82) is 0 Å². The minimum Gasteiger partial charge on any atom is -0.433 e. The highest BCUT2D eigenvalue weighted by atomic mass is 35.5. The molecule has 0 heterocycles. The average Bonchev–Trinajstić information content (AvgIpc) is 2.63. The third-order valence-corrected chi connectivity index (χ3v) is 4.42. The number of ether oxygens (including phenoxy) is 1. The number of amides is 1. The summed E-state index contributed by atoms with van der Waals surface area (Å²) in [5.41, 5.74) is -9.93. The summed E-state index contributed by atoms with van der Waals surface area (Å²) < 4.78 is 136. The standard InChI is InChI=1S/C18H10ClF10NO2/c1-7-3-2-4-9(12(7)20)14(31)30-13-10(19)5-8(6-11(13)32-15(21)22)16(23,17(24,25)26)18(27,28)29/h2-6,15H,1H3,(H,30,31). The number of carbonyl (C=O) groups is 1. The molecule has 0 atom stereocenters. The van der Waals surface area contributed by atoms with Gasteiger partial charge >= 0.3 is 24.6 Å². The Morgan fingerprint density at radius 2 is 1.59 bits per heavy atom. The molecule has 1 N–H and O–H groups in total. The van der Waals surface area contributed by atoms with Crippen molar-refractivity contribution in [2.45, 2.75) is 31.6 Å². The van der Waals surface area contributed by atoms with E-state index in [1.165, 1.54) is 19.1 Å². The molecule has 1 amide bonds. The van der Waals surface area contributed by atoms with E-state index in [9.17, 15) is 48.7 Å². The predicted molar refractivity (Wildman–Crippen MR) is 92.1 cm³/mol. The van der Waals surface area contributed by atoms with Crippen LogP contribution in [0.3, 0.4) is 0 Å². The smallest absolute Gasteiger partial charge is 0.433 e. The maximum atomic E-state index is 14.3. The van der Waals surface area contributed by atoms with Crippen molar-refractivity contribution in [3.8, 4) is 5.75 Å². The van der Waals surface area contributed by atoms with E-state index in [2.05, 4.69) is 4.74 Å². The van der Waals surface area contributed by atoms with Crippen molar-refractivity contribution < 1.29 is 53.4 Å². The lowest BCUT2D eigenvalue weighted by molar-refractivity contribution is -0.348. The molecule has 0 saturated heterocycles. The lowest BCUT2D eigenvalue weighted by Crippen LogP contribution is -2.50. The van der Waals surface area contributed by atoms with E-state index in [4.69, 9.17) is 11.6 Å². The lowest BCUT2D eigenvalue weighted by atomic mass is 9.93. The minimum atomic E-state index is -6.56. The molecule has 3 nitrogen and oxygen atoms in total. The van der Waals surface area contributed by atoms with Crippen molar-refractivity contribution in [2.24, 2.45) is 0 Å². The van der Waals surface area contributed by atoms with E-state index in [1.54, 1.807) is 5.32 Å². The first-order valence-electron chi connectivity index (χ1n) is 8.18. The Hall–Kier alpha value is -2.70. The molecule has 0 spiro atoms. The number of rotatable bonds is 5. The maximum Gasteiger partial charge on any atom is 0.435 e. The molecule has 14 heteroatoms. The first-order valence-corrected chi connectivity index (χ1v) is 8.56. The maximum absolute atomic E-state index is 14.3. The fourth-order valence-electron chi connectivity index (χ4n) is 2.58. The van der Waals surface area contributed by atoms with E-state index >= 15 is 0 Å². The number of carbonyl (C=O) groups excluding carboxylic acids is 1. The molecule has 0 radical (unpaired) electrons. The van der Waals surface area contributed by atoms with Gasteiger partial charge in [0.05, 0.1) is 10.6 Å². The Kier molecular flexibility index (Phi) is 6.93. The number of nitrogens with one attached hydrogen (secondary N) is 1. The summed E-state index contributed by atoms with van der Waals surface area (Å²) in [5.74, 6) is -3.91. The fraction of sp³-hybridized carbons (Fsp3) is 0.278. The number of benzene rings is 2. The van der Waals surface area contributed by atoms with Gasteiger partial charge in [-0.05, 0) is 30.7 Å². The van der Waals surface area contributed by atoms with E-state index in [0.29, 0.717) is 0 Å². The van der Waals surface area contributed by atoms with Gasteiger partial charge in [-0.2, -0.15) is 35.1 Å². The lowest BCUT2D eigenvalue weighted by Gasteiger charge is -2.31. The molecule has 32 heavy (non-hydrogen) atoms. The molecule has 2 aromatic carbocycles. The highest BCUT2D eigenvalue weighted by Gasteiger charge is 2.73. The Morgan fingerprint density at radius 3 is 2.09 bits per heavy atom. The molecule has 0 bridgehead atoms. The molecular weight excluding hydrogens is 488 g/mol. The number of halogens is 11. The summed E-state index contributed by atoms with van der Waals surface area (Å²) in [6, 6.07) is 2.96. The molecule has 0 saturated carbocycles. The molecular formula is C18H10ClF10NO2. The molecule has 176 valence electrons. The van der Waals surface area contributed by atoms with Crippen molar-refractivity contribution in [3.63, 3.8) is 0 Å². The van der Waals surface area contributed by atoms with Crippen molar-refractivity contribution in [2.75, 3.05) is 5.32 Å². The zero-order chi connectivity index (χ0) is 24.6.